The van der Waals surface area contributed by atoms with Crippen LogP contribution in [0.15, 0.2) is 36.7 Å². The first-order valence-electron chi connectivity index (χ1n) is 22.7. The van der Waals surface area contributed by atoms with Crippen molar-refractivity contribution in [2.24, 2.45) is 11.8 Å². The highest BCUT2D eigenvalue weighted by atomic mass is 16.5. The van der Waals surface area contributed by atoms with Gasteiger partial charge in [-0.05, 0) is 105 Å². The Kier molecular flexibility index (Phi) is 12.2. The Balaban J connectivity index is 0.893. The molecule has 6 fully saturated rings. The number of fused-ring (bicyclic) bond motifs is 3. The van der Waals surface area contributed by atoms with Gasteiger partial charge in [0, 0.05) is 43.5 Å². The summed E-state index contributed by atoms with van der Waals surface area (Å²) in [5.41, 5.74) is 4.72. The summed E-state index contributed by atoms with van der Waals surface area (Å²) in [6.07, 6.45) is 13.9. The summed E-state index contributed by atoms with van der Waals surface area (Å²) in [4.78, 5) is 75.3. The number of ether oxygens (including phenoxy) is 1. The van der Waals surface area contributed by atoms with Gasteiger partial charge in [-0.1, -0.05) is 52.0 Å². The van der Waals surface area contributed by atoms with Gasteiger partial charge < -0.3 is 45.1 Å². The lowest BCUT2D eigenvalue weighted by Crippen LogP contribution is -2.55. The predicted octanol–water partition coefficient (Wildman–Crippen LogP) is 6.24. The van der Waals surface area contributed by atoms with E-state index in [0.29, 0.717) is 39.0 Å². The number of hydrogen-bond acceptors (Lipinski definition) is 8. The molecule has 6 aliphatic rings. The number of nitrogens with one attached hydrogen (secondary N) is 4. The van der Waals surface area contributed by atoms with Crippen LogP contribution in [0.25, 0.3) is 11.3 Å². The molecule has 3 saturated carbocycles. The number of H-pyrrole nitrogens is 2. The van der Waals surface area contributed by atoms with Crippen LogP contribution in [0.2, 0.25) is 0 Å². The predicted molar refractivity (Wildman–Crippen MR) is 229 cm³/mol. The fourth-order valence-electron chi connectivity index (χ4n) is 10.9. The molecule has 3 aromatic rings. The molecule has 0 radical (unpaired) electrons. The van der Waals surface area contributed by atoms with Crippen LogP contribution in [-0.4, -0.2) is 115 Å². The number of likely N-dealkylation sites (tertiary alicyclic amines) is 3. The summed E-state index contributed by atoms with van der Waals surface area (Å²) in [6.45, 7) is 9.99. The van der Waals surface area contributed by atoms with Crippen molar-refractivity contribution in [3.63, 3.8) is 0 Å². The number of benzene rings is 1. The van der Waals surface area contributed by atoms with Gasteiger partial charge in [0.15, 0.2) is 0 Å². The topological polar surface area (TPSA) is 189 Å². The number of aliphatic hydroxyl groups excluding tert-OH is 1. The molecule has 1 aromatic carbocycles. The zero-order chi connectivity index (χ0) is 43.1. The number of methoxy groups -OCH3 is 1. The van der Waals surface area contributed by atoms with Gasteiger partial charge >= 0.3 is 12.1 Å². The maximum atomic E-state index is 14.0. The average molecular weight is 840 g/mol. The molecule has 3 aliphatic carbocycles. The van der Waals surface area contributed by atoms with Gasteiger partial charge in [-0.25, -0.2) is 19.6 Å². The number of carbonyl (C=O) groups is 4. The summed E-state index contributed by atoms with van der Waals surface area (Å²) < 4.78 is 4.80. The molecule has 5 heterocycles. The SMILES string of the molecule is COC(=O)NC(C(=O)N1CCCC1c1ncc(C23CCC(c4ccc(-c5cnc(C6CCCN6C(=O)C(NC(=O)N6CCC(O)CC6)C(C)C)[nH]5)cc4)(CC2)CC3)[nH]1)C(C)C. The van der Waals surface area contributed by atoms with E-state index in [0.717, 1.165) is 87.1 Å². The molecule has 0 spiro atoms. The second kappa shape index (κ2) is 17.5. The van der Waals surface area contributed by atoms with Crippen LogP contribution >= 0.6 is 0 Å². The Hall–Kier alpha value is -4.92. The lowest BCUT2D eigenvalue weighted by molar-refractivity contribution is -0.136. The fraction of sp³-hybridized carbons (Fsp3) is 0.652. The minimum absolute atomic E-state index is 0.0493. The summed E-state index contributed by atoms with van der Waals surface area (Å²) in [5.74, 6) is 1.25. The van der Waals surface area contributed by atoms with Gasteiger partial charge in [0.2, 0.25) is 11.8 Å². The minimum Gasteiger partial charge on any atom is -0.453 e. The lowest BCUT2D eigenvalue weighted by Gasteiger charge is -2.53. The van der Waals surface area contributed by atoms with E-state index in [1.54, 1.807) is 4.90 Å². The number of amides is 5. The van der Waals surface area contributed by atoms with E-state index in [9.17, 15) is 24.3 Å². The molecule has 3 saturated heterocycles. The van der Waals surface area contributed by atoms with Crippen molar-refractivity contribution in [3.8, 4) is 11.3 Å². The summed E-state index contributed by atoms with van der Waals surface area (Å²) in [6, 6.07) is 7.07. The summed E-state index contributed by atoms with van der Waals surface area (Å²) in [7, 11) is 1.31. The van der Waals surface area contributed by atoms with Gasteiger partial charge in [0.05, 0.1) is 37.2 Å². The molecule has 3 aliphatic heterocycles. The third kappa shape index (κ3) is 8.38. The number of nitrogens with zero attached hydrogens (tertiary/aromatic N) is 5. The molecule has 5 amide bonds. The second-order valence-corrected chi connectivity index (χ2v) is 19.1. The molecular weight excluding hydrogens is 775 g/mol. The maximum absolute atomic E-state index is 14.0. The highest BCUT2D eigenvalue weighted by Crippen LogP contribution is 2.58. The second-order valence-electron chi connectivity index (χ2n) is 19.1. The summed E-state index contributed by atoms with van der Waals surface area (Å²) in [5, 5.41) is 15.6. The van der Waals surface area contributed by atoms with Crippen LogP contribution in [0, 0.1) is 11.8 Å². The Bertz CT molecular complexity index is 2030. The fourth-order valence-corrected chi connectivity index (χ4v) is 10.9. The highest BCUT2D eigenvalue weighted by Gasteiger charge is 2.51. The van der Waals surface area contributed by atoms with Crippen molar-refractivity contribution in [1.29, 1.82) is 0 Å². The minimum atomic E-state index is -0.662. The van der Waals surface area contributed by atoms with E-state index in [1.165, 1.54) is 18.4 Å². The van der Waals surface area contributed by atoms with Crippen molar-refractivity contribution in [1.82, 2.24) is 45.3 Å². The molecule has 330 valence electrons. The van der Waals surface area contributed by atoms with E-state index in [-0.39, 0.29) is 58.7 Å². The van der Waals surface area contributed by atoms with Gasteiger partial charge in [-0.15, -0.1) is 0 Å². The number of imidazole rings is 2. The number of carbonyl (C=O) groups excluding carboxylic acids is 4. The van der Waals surface area contributed by atoms with Crippen molar-refractivity contribution in [2.75, 3.05) is 33.3 Å². The van der Waals surface area contributed by atoms with Crippen molar-refractivity contribution in [2.45, 2.75) is 146 Å². The normalized spacial score (nSPS) is 26.5. The van der Waals surface area contributed by atoms with Gasteiger partial charge in [0.25, 0.3) is 0 Å². The van der Waals surface area contributed by atoms with E-state index in [4.69, 9.17) is 14.7 Å². The largest absolute Gasteiger partial charge is 0.453 e. The monoisotopic (exact) mass is 840 g/mol. The van der Waals surface area contributed by atoms with Crippen molar-refractivity contribution >= 4 is 23.9 Å². The third-order valence-corrected chi connectivity index (χ3v) is 14.9. The van der Waals surface area contributed by atoms with Gasteiger partial charge in [-0.2, -0.15) is 0 Å². The quantitative estimate of drug-likeness (QED) is 0.150. The molecule has 15 nitrogen and oxygen atoms in total. The van der Waals surface area contributed by atoms with E-state index < -0.39 is 18.2 Å². The Morgan fingerprint density at radius 3 is 1.80 bits per heavy atom. The number of aromatic nitrogens is 4. The average Bonchev–Trinajstić information content (AvgIpc) is 4.12. The number of hydrogen-bond donors (Lipinski definition) is 5. The molecule has 9 rings (SSSR count). The Morgan fingerprint density at radius 1 is 0.721 bits per heavy atom. The molecule has 5 N–H and O–H groups in total. The molecule has 2 aromatic heterocycles. The maximum Gasteiger partial charge on any atom is 0.407 e. The van der Waals surface area contributed by atoms with E-state index in [1.807, 2.05) is 49.9 Å². The molecule has 4 unspecified atom stereocenters. The van der Waals surface area contributed by atoms with E-state index in [2.05, 4.69) is 44.9 Å². The number of aromatic amines is 2. The Morgan fingerprint density at radius 2 is 1.25 bits per heavy atom. The molecule has 2 bridgehead atoms. The standard InChI is InChI=1S/C46H65N9O6/c1-28(2)37(51-43(59)53-24-14-32(56)15-25-53)41(57)54-22-6-8-34(54)39-47-26-33(49-39)30-10-12-31(13-11-30)45-16-19-46(20-17-45,21-18-45)36-27-48-40(50-36)35-9-7-23-55(35)42(58)38(29(3)4)52-44(60)61-5/h10-13,26-29,32,34-35,37-38,56H,6-9,14-25H2,1-5H3,(H,47,49)(H,48,50)(H,51,59)(H,52,60). The van der Waals surface area contributed by atoms with Crippen molar-refractivity contribution in [3.05, 3.63) is 59.6 Å². The van der Waals surface area contributed by atoms with Gasteiger partial charge in [0.1, 0.15) is 23.7 Å². The smallest absolute Gasteiger partial charge is 0.407 e. The van der Waals surface area contributed by atoms with Crippen LogP contribution in [0.1, 0.15) is 140 Å². The van der Waals surface area contributed by atoms with Crippen molar-refractivity contribution < 1.29 is 29.0 Å². The number of piperidine rings is 1. The van der Waals surface area contributed by atoms with Crippen LogP contribution < -0.4 is 10.6 Å². The molecule has 15 heteroatoms. The van der Waals surface area contributed by atoms with Crippen LogP contribution in [0.3, 0.4) is 0 Å². The van der Waals surface area contributed by atoms with E-state index >= 15 is 0 Å². The molecule has 61 heavy (non-hydrogen) atoms. The highest BCUT2D eigenvalue weighted by molar-refractivity contribution is 5.88. The van der Waals surface area contributed by atoms with Crippen LogP contribution in [-0.2, 0) is 25.2 Å². The molecule has 4 atom stereocenters. The number of aliphatic hydroxyl groups is 1. The number of alkyl carbamates (subject to hydrolysis) is 1. The Labute approximate surface area is 359 Å². The van der Waals surface area contributed by atoms with Gasteiger partial charge in [-0.3, -0.25) is 9.59 Å². The zero-order valence-electron chi connectivity index (χ0n) is 36.5. The first-order valence-corrected chi connectivity index (χ1v) is 22.7. The first kappa shape index (κ1) is 42.8. The third-order valence-electron chi connectivity index (χ3n) is 14.9. The number of urea groups is 1. The molecular formula is C46H65N9O6. The zero-order valence-corrected chi connectivity index (χ0v) is 36.5. The number of rotatable bonds is 11. The first-order chi connectivity index (χ1) is 29.3. The summed E-state index contributed by atoms with van der Waals surface area (Å²) >= 11 is 0. The van der Waals surface area contributed by atoms with Crippen LogP contribution in [0.4, 0.5) is 9.59 Å². The lowest BCUT2D eigenvalue weighted by atomic mass is 9.51. The van der Waals surface area contributed by atoms with Crippen LogP contribution in [0.5, 0.6) is 0 Å².